The zero-order chi connectivity index (χ0) is 13.0. The summed E-state index contributed by atoms with van der Waals surface area (Å²) in [7, 11) is 0. The third-order valence-corrected chi connectivity index (χ3v) is 4.36. The molecule has 0 aromatic carbocycles. The van der Waals surface area contributed by atoms with Crippen molar-refractivity contribution in [1.82, 2.24) is 5.48 Å². The molecule has 0 saturated carbocycles. The number of hydrogen-bond donors (Lipinski definition) is 2. The second kappa shape index (κ2) is 6.31. The minimum absolute atomic E-state index is 0.137. The van der Waals surface area contributed by atoms with Gasteiger partial charge in [-0.15, -0.1) is 22.7 Å². The molecule has 0 aliphatic rings. The van der Waals surface area contributed by atoms with Crippen molar-refractivity contribution in [2.24, 2.45) is 5.73 Å². The third-order valence-electron chi connectivity index (χ3n) is 2.12. The van der Waals surface area contributed by atoms with Gasteiger partial charge in [0.05, 0.1) is 4.34 Å². The number of carbonyl (C=O) groups excluding carboxylic acids is 1. The second-order valence-corrected chi connectivity index (χ2v) is 6.19. The Hall–Kier alpha value is -0.920. The van der Waals surface area contributed by atoms with Crippen molar-refractivity contribution in [3.63, 3.8) is 0 Å². The van der Waals surface area contributed by atoms with E-state index in [1.165, 1.54) is 11.3 Å². The van der Waals surface area contributed by atoms with Crippen molar-refractivity contribution in [2.45, 2.75) is 6.04 Å². The number of rotatable bonds is 6. The van der Waals surface area contributed by atoms with Crippen LogP contribution in [-0.4, -0.2) is 12.5 Å². The Bertz CT molecular complexity index is 513. The SMILES string of the molecule is NC(=O)CONC(c1cccs1)c1ccc(Cl)s1. The monoisotopic (exact) mass is 302 g/mol. The smallest absolute Gasteiger partial charge is 0.245 e. The van der Waals surface area contributed by atoms with Crippen LogP contribution in [0.4, 0.5) is 0 Å². The highest BCUT2D eigenvalue weighted by atomic mass is 35.5. The summed E-state index contributed by atoms with van der Waals surface area (Å²) in [6.45, 7) is -0.166. The van der Waals surface area contributed by atoms with Gasteiger partial charge in [0.25, 0.3) is 0 Å². The lowest BCUT2D eigenvalue weighted by Crippen LogP contribution is -2.27. The Labute approximate surface area is 117 Å². The molecule has 18 heavy (non-hydrogen) atoms. The third kappa shape index (κ3) is 3.54. The first kappa shape index (κ1) is 13.5. The summed E-state index contributed by atoms with van der Waals surface area (Å²) in [6, 6.07) is 7.57. The molecule has 0 aliphatic carbocycles. The Balaban J connectivity index is 2.11. The Morgan fingerprint density at radius 3 is 2.83 bits per heavy atom. The summed E-state index contributed by atoms with van der Waals surface area (Å²) in [5.74, 6) is -0.517. The van der Waals surface area contributed by atoms with Gasteiger partial charge in [-0.2, -0.15) is 5.48 Å². The normalized spacial score (nSPS) is 12.5. The molecule has 2 rings (SSSR count). The zero-order valence-electron chi connectivity index (χ0n) is 9.26. The highest BCUT2D eigenvalue weighted by Gasteiger charge is 2.17. The van der Waals surface area contributed by atoms with Crippen molar-refractivity contribution in [2.75, 3.05) is 6.61 Å². The molecule has 0 saturated heterocycles. The van der Waals surface area contributed by atoms with Gasteiger partial charge >= 0.3 is 0 Å². The van der Waals surface area contributed by atoms with Crippen LogP contribution in [0, 0.1) is 0 Å². The van der Waals surface area contributed by atoms with E-state index in [1.54, 1.807) is 11.3 Å². The van der Waals surface area contributed by atoms with Crippen LogP contribution in [0.5, 0.6) is 0 Å². The van der Waals surface area contributed by atoms with Crippen LogP contribution in [0.15, 0.2) is 29.6 Å². The molecule has 0 bridgehead atoms. The number of carbonyl (C=O) groups is 1. The van der Waals surface area contributed by atoms with E-state index in [-0.39, 0.29) is 12.6 Å². The first-order valence-corrected chi connectivity index (χ1v) is 7.18. The predicted molar refractivity (Wildman–Crippen MR) is 73.8 cm³/mol. The van der Waals surface area contributed by atoms with Gasteiger partial charge in [-0.1, -0.05) is 17.7 Å². The van der Waals surface area contributed by atoms with Gasteiger partial charge in [-0.25, -0.2) is 0 Å². The van der Waals surface area contributed by atoms with Crippen LogP contribution in [-0.2, 0) is 9.63 Å². The molecule has 0 fully saturated rings. The van der Waals surface area contributed by atoms with Gasteiger partial charge in [-0.3, -0.25) is 9.63 Å². The fourth-order valence-electron chi connectivity index (χ4n) is 1.39. The number of primary amides is 1. The Morgan fingerprint density at radius 2 is 2.28 bits per heavy atom. The zero-order valence-corrected chi connectivity index (χ0v) is 11.6. The van der Waals surface area contributed by atoms with Crippen LogP contribution >= 0.6 is 34.3 Å². The topological polar surface area (TPSA) is 64.4 Å². The van der Waals surface area contributed by atoms with E-state index in [4.69, 9.17) is 22.2 Å². The van der Waals surface area contributed by atoms with Gasteiger partial charge < -0.3 is 5.73 Å². The predicted octanol–water partition coefficient (Wildman–Crippen LogP) is 2.56. The van der Waals surface area contributed by atoms with Crippen molar-refractivity contribution in [3.8, 4) is 0 Å². The maximum absolute atomic E-state index is 10.6. The van der Waals surface area contributed by atoms with Gasteiger partial charge in [0.2, 0.25) is 5.91 Å². The molecule has 0 spiro atoms. The summed E-state index contributed by atoms with van der Waals surface area (Å²) in [5, 5.41) is 1.98. The van der Waals surface area contributed by atoms with E-state index in [1.807, 2.05) is 29.6 Å². The molecule has 2 aromatic heterocycles. The lowest BCUT2D eigenvalue weighted by Gasteiger charge is -2.15. The Kier molecular flexibility index (Phi) is 4.73. The fourth-order valence-corrected chi connectivity index (χ4v) is 3.37. The number of hydrogen-bond acceptors (Lipinski definition) is 5. The molecular weight excluding hydrogens is 292 g/mol. The summed E-state index contributed by atoms with van der Waals surface area (Å²) in [5.41, 5.74) is 7.86. The number of hydroxylamine groups is 1. The van der Waals surface area contributed by atoms with Crippen LogP contribution in [0.25, 0.3) is 0 Å². The Morgan fingerprint density at radius 1 is 1.44 bits per heavy atom. The average molecular weight is 303 g/mol. The van der Waals surface area contributed by atoms with Gasteiger partial charge in [0.1, 0.15) is 12.6 Å². The van der Waals surface area contributed by atoms with Crippen molar-refractivity contribution >= 4 is 40.2 Å². The first-order chi connectivity index (χ1) is 8.66. The van der Waals surface area contributed by atoms with E-state index in [0.29, 0.717) is 4.34 Å². The molecule has 96 valence electrons. The summed E-state index contributed by atoms with van der Waals surface area (Å²) in [4.78, 5) is 17.8. The van der Waals surface area contributed by atoms with Crippen LogP contribution < -0.4 is 11.2 Å². The van der Waals surface area contributed by atoms with Gasteiger partial charge in [0.15, 0.2) is 0 Å². The molecule has 1 atom stereocenters. The number of thiophene rings is 2. The summed E-state index contributed by atoms with van der Waals surface area (Å²) in [6.07, 6.45) is 0. The van der Waals surface area contributed by atoms with Crippen molar-refractivity contribution < 1.29 is 9.63 Å². The van der Waals surface area contributed by atoms with E-state index in [2.05, 4.69) is 5.48 Å². The molecule has 0 radical (unpaired) electrons. The standard InChI is InChI=1S/C11H11ClN2O2S2/c12-9-4-3-8(18-9)11(7-2-1-5-17-7)14-16-6-10(13)15/h1-5,11,14H,6H2,(H2,13,15). The van der Waals surface area contributed by atoms with E-state index in [0.717, 1.165) is 9.75 Å². The maximum Gasteiger partial charge on any atom is 0.245 e. The van der Waals surface area contributed by atoms with Crippen molar-refractivity contribution in [1.29, 1.82) is 0 Å². The van der Waals surface area contributed by atoms with Crippen LogP contribution in [0.1, 0.15) is 15.8 Å². The van der Waals surface area contributed by atoms with Crippen molar-refractivity contribution in [3.05, 3.63) is 43.7 Å². The van der Waals surface area contributed by atoms with E-state index >= 15 is 0 Å². The molecule has 4 nitrogen and oxygen atoms in total. The number of nitrogens with one attached hydrogen (secondary N) is 1. The highest BCUT2D eigenvalue weighted by Crippen LogP contribution is 2.32. The average Bonchev–Trinajstić information content (AvgIpc) is 2.95. The molecule has 0 aliphatic heterocycles. The highest BCUT2D eigenvalue weighted by molar-refractivity contribution is 7.16. The van der Waals surface area contributed by atoms with E-state index in [9.17, 15) is 4.79 Å². The molecule has 2 aromatic rings. The number of amides is 1. The minimum Gasteiger partial charge on any atom is -0.368 e. The fraction of sp³-hybridized carbons (Fsp3) is 0.182. The quantitative estimate of drug-likeness (QED) is 0.806. The van der Waals surface area contributed by atoms with Crippen LogP contribution in [0.3, 0.4) is 0 Å². The molecule has 3 N–H and O–H groups in total. The maximum atomic E-state index is 10.6. The molecule has 1 amide bonds. The van der Waals surface area contributed by atoms with Crippen LogP contribution in [0.2, 0.25) is 4.34 Å². The minimum atomic E-state index is -0.517. The molecular formula is C11H11ClN2O2S2. The molecule has 2 heterocycles. The van der Waals surface area contributed by atoms with Gasteiger partial charge in [0, 0.05) is 9.75 Å². The largest absolute Gasteiger partial charge is 0.368 e. The summed E-state index contributed by atoms with van der Waals surface area (Å²) < 4.78 is 0.711. The second-order valence-electron chi connectivity index (χ2n) is 3.46. The van der Waals surface area contributed by atoms with E-state index < -0.39 is 5.91 Å². The number of nitrogens with two attached hydrogens (primary N) is 1. The summed E-state index contributed by atoms with van der Waals surface area (Å²) >= 11 is 8.99. The lowest BCUT2D eigenvalue weighted by atomic mass is 10.2. The lowest BCUT2D eigenvalue weighted by molar-refractivity contribution is -0.125. The molecule has 7 heteroatoms. The first-order valence-electron chi connectivity index (χ1n) is 5.11. The number of halogens is 1. The molecule has 1 unspecified atom stereocenters. The van der Waals surface area contributed by atoms with Gasteiger partial charge in [-0.05, 0) is 23.6 Å².